The molecule has 5 nitrogen and oxygen atoms in total. The van der Waals surface area contributed by atoms with Crippen LogP contribution >= 0.6 is 0 Å². The molecule has 0 bridgehead atoms. The number of carbonyl (C=O) groups is 1. The Labute approximate surface area is 103 Å². The first-order chi connectivity index (χ1) is 7.92. The van der Waals surface area contributed by atoms with Crippen LogP contribution in [-0.2, 0) is 17.9 Å². The van der Waals surface area contributed by atoms with Crippen molar-refractivity contribution < 1.29 is 4.79 Å². The topological polar surface area (TPSA) is 59.0 Å². The Morgan fingerprint density at radius 3 is 2.76 bits per heavy atom. The Balaban J connectivity index is 2.57. The molecule has 0 aromatic carbocycles. The van der Waals surface area contributed by atoms with E-state index in [1.807, 2.05) is 11.5 Å². The Morgan fingerprint density at radius 2 is 2.18 bits per heavy atom. The lowest BCUT2D eigenvalue weighted by molar-refractivity contribution is -0.121. The van der Waals surface area contributed by atoms with Gasteiger partial charge in [-0.15, -0.1) is 0 Å². The maximum Gasteiger partial charge on any atom is 0.239 e. The number of aromatic nitrogens is 2. The summed E-state index contributed by atoms with van der Waals surface area (Å²) in [5.74, 6) is 0.0162. The summed E-state index contributed by atoms with van der Waals surface area (Å²) >= 11 is 0. The van der Waals surface area contributed by atoms with Crippen LogP contribution in [0.15, 0.2) is 12.5 Å². The van der Waals surface area contributed by atoms with E-state index in [0.717, 1.165) is 5.69 Å². The van der Waals surface area contributed by atoms with Crippen molar-refractivity contribution in [3.63, 3.8) is 0 Å². The number of hydrogen-bond donors (Lipinski definition) is 2. The minimum atomic E-state index is 0.0162. The molecule has 0 aliphatic rings. The van der Waals surface area contributed by atoms with E-state index in [-0.39, 0.29) is 11.4 Å². The van der Waals surface area contributed by atoms with Gasteiger partial charge in [0.2, 0.25) is 5.91 Å². The Morgan fingerprint density at radius 1 is 1.47 bits per heavy atom. The molecule has 0 aliphatic carbocycles. The van der Waals surface area contributed by atoms with Gasteiger partial charge >= 0.3 is 0 Å². The van der Waals surface area contributed by atoms with Gasteiger partial charge in [0.15, 0.2) is 0 Å². The quantitative estimate of drug-likeness (QED) is 0.801. The van der Waals surface area contributed by atoms with E-state index in [1.54, 1.807) is 12.5 Å². The fourth-order valence-electron chi connectivity index (χ4n) is 1.40. The van der Waals surface area contributed by atoms with Crippen LogP contribution in [0.3, 0.4) is 0 Å². The number of nitrogens with zero attached hydrogens (tertiary/aromatic N) is 2. The second-order valence-corrected chi connectivity index (χ2v) is 5.07. The van der Waals surface area contributed by atoms with Gasteiger partial charge in [-0.3, -0.25) is 4.79 Å². The van der Waals surface area contributed by atoms with Gasteiger partial charge in [0, 0.05) is 24.8 Å². The van der Waals surface area contributed by atoms with Gasteiger partial charge in [0.25, 0.3) is 0 Å². The molecule has 0 fully saturated rings. The molecule has 1 aromatic rings. The van der Waals surface area contributed by atoms with E-state index in [0.29, 0.717) is 19.6 Å². The lowest BCUT2D eigenvalue weighted by Crippen LogP contribution is -2.36. The van der Waals surface area contributed by atoms with Crippen LogP contribution in [0.25, 0.3) is 0 Å². The molecule has 0 radical (unpaired) electrons. The van der Waals surface area contributed by atoms with Gasteiger partial charge < -0.3 is 15.2 Å². The first-order valence-corrected chi connectivity index (χ1v) is 5.93. The number of hydrogen-bond acceptors (Lipinski definition) is 3. The lowest BCUT2D eigenvalue weighted by atomic mass is 10.1. The predicted molar refractivity (Wildman–Crippen MR) is 67.5 cm³/mol. The van der Waals surface area contributed by atoms with Gasteiger partial charge in [0.05, 0.1) is 12.0 Å². The summed E-state index contributed by atoms with van der Waals surface area (Å²) in [6, 6.07) is 0. The van der Waals surface area contributed by atoms with E-state index < -0.39 is 0 Å². The second-order valence-electron chi connectivity index (χ2n) is 5.07. The molecule has 0 spiro atoms. The van der Waals surface area contributed by atoms with Gasteiger partial charge in [-0.1, -0.05) is 0 Å². The first-order valence-electron chi connectivity index (χ1n) is 5.93. The largest absolute Gasteiger partial charge is 0.355 e. The molecule has 0 saturated heterocycles. The summed E-state index contributed by atoms with van der Waals surface area (Å²) in [7, 11) is 0. The van der Waals surface area contributed by atoms with Crippen LogP contribution < -0.4 is 10.6 Å². The summed E-state index contributed by atoms with van der Waals surface area (Å²) in [6.07, 6.45) is 3.48. The van der Waals surface area contributed by atoms with Crippen molar-refractivity contribution in [2.45, 2.75) is 46.3 Å². The third-order valence-electron chi connectivity index (χ3n) is 2.29. The minimum absolute atomic E-state index is 0.0162. The normalized spacial score (nSPS) is 11.5. The van der Waals surface area contributed by atoms with Crippen molar-refractivity contribution in [3.8, 4) is 0 Å². The number of rotatable bonds is 5. The summed E-state index contributed by atoms with van der Waals surface area (Å²) < 4.78 is 1.86. The smallest absolute Gasteiger partial charge is 0.239 e. The van der Waals surface area contributed by atoms with Gasteiger partial charge in [0.1, 0.15) is 6.54 Å². The Bertz CT molecular complexity index is 365. The zero-order valence-corrected chi connectivity index (χ0v) is 11.1. The minimum Gasteiger partial charge on any atom is -0.355 e. The van der Waals surface area contributed by atoms with Crippen molar-refractivity contribution in [1.82, 2.24) is 20.2 Å². The highest BCUT2D eigenvalue weighted by Crippen LogP contribution is 2.04. The summed E-state index contributed by atoms with van der Waals surface area (Å²) in [5.41, 5.74) is 1.08. The maximum absolute atomic E-state index is 11.5. The third-order valence-corrected chi connectivity index (χ3v) is 2.29. The number of imidazole rings is 1. The molecule has 17 heavy (non-hydrogen) atoms. The molecule has 5 heteroatoms. The Hall–Kier alpha value is -1.36. The number of amides is 1. The van der Waals surface area contributed by atoms with E-state index in [4.69, 9.17) is 0 Å². The molecule has 0 saturated carbocycles. The van der Waals surface area contributed by atoms with E-state index in [1.165, 1.54) is 0 Å². The molecule has 0 atom stereocenters. The average Bonchev–Trinajstić information content (AvgIpc) is 2.61. The molecule has 1 aromatic heterocycles. The highest BCUT2D eigenvalue weighted by Gasteiger charge is 2.11. The predicted octanol–water partition coefficient (Wildman–Crippen LogP) is 0.907. The fourth-order valence-corrected chi connectivity index (χ4v) is 1.40. The van der Waals surface area contributed by atoms with E-state index in [9.17, 15) is 4.79 Å². The molecule has 1 rings (SSSR count). The SMILES string of the molecule is CCNC(=O)Cn1cncc1CNC(C)(C)C. The maximum atomic E-state index is 11.5. The van der Waals surface area contributed by atoms with Crippen LogP contribution in [0.4, 0.5) is 0 Å². The molecule has 2 N–H and O–H groups in total. The zero-order chi connectivity index (χ0) is 12.9. The first kappa shape index (κ1) is 13.7. The molecule has 0 aliphatic heterocycles. The van der Waals surface area contributed by atoms with Crippen molar-refractivity contribution in [3.05, 3.63) is 18.2 Å². The van der Waals surface area contributed by atoms with Gasteiger partial charge in [-0.2, -0.15) is 0 Å². The zero-order valence-electron chi connectivity index (χ0n) is 11.1. The average molecular weight is 238 g/mol. The monoisotopic (exact) mass is 238 g/mol. The van der Waals surface area contributed by atoms with Crippen LogP contribution in [-0.4, -0.2) is 27.5 Å². The van der Waals surface area contributed by atoms with Crippen molar-refractivity contribution >= 4 is 5.91 Å². The molecule has 96 valence electrons. The van der Waals surface area contributed by atoms with Crippen molar-refractivity contribution in [2.75, 3.05) is 6.54 Å². The second kappa shape index (κ2) is 5.82. The third kappa shape index (κ3) is 4.99. The number of likely N-dealkylation sites (N-methyl/N-ethyl adjacent to an activating group) is 1. The summed E-state index contributed by atoms with van der Waals surface area (Å²) in [6.45, 7) is 9.93. The highest BCUT2D eigenvalue weighted by molar-refractivity contribution is 5.75. The van der Waals surface area contributed by atoms with Crippen molar-refractivity contribution in [2.24, 2.45) is 0 Å². The van der Waals surface area contributed by atoms with Crippen LogP contribution in [0.1, 0.15) is 33.4 Å². The summed E-state index contributed by atoms with van der Waals surface area (Å²) in [4.78, 5) is 15.6. The lowest BCUT2D eigenvalue weighted by Gasteiger charge is -2.20. The Kier molecular flexibility index (Phi) is 4.69. The summed E-state index contributed by atoms with van der Waals surface area (Å²) in [5, 5.41) is 6.15. The van der Waals surface area contributed by atoms with Crippen molar-refractivity contribution in [1.29, 1.82) is 0 Å². The number of nitrogens with one attached hydrogen (secondary N) is 2. The molecule has 1 amide bonds. The highest BCUT2D eigenvalue weighted by atomic mass is 16.1. The van der Waals surface area contributed by atoms with E-state index in [2.05, 4.69) is 36.4 Å². The van der Waals surface area contributed by atoms with Crippen LogP contribution in [0.2, 0.25) is 0 Å². The van der Waals surface area contributed by atoms with Gasteiger partial charge in [-0.25, -0.2) is 4.98 Å². The fraction of sp³-hybridized carbons (Fsp3) is 0.667. The van der Waals surface area contributed by atoms with Crippen LogP contribution in [0, 0.1) is 0 Å². The standard InChI is InChI=1S/C12H22N4O/c1-5-14-11(17)8-16-9-13-6-10(16)7-15-12(2,3)4/h6,9,15H,5,7-8H2,1-4H3,(H,14,17). The van der Waals surface area contributed by atoms with Gasteiger partial charge in [-0.05, 0) is 27.7 Å². The van der Waals surface area contributed by atoms with Crippen LogP contribution in [0.5, 0.6) is 0 Å². The molecule has 1 heterocycles. The van der Waals surface area contributed by atoms with E-state index >= 15 is 0 Å². The molecular formula is C12H22N4O. The molecular weight excluding hydrogens is 216 g/mol. The molecule has 0 unspecified atom stereocenters. The number of carbonyl (C=O) groups excluding carboxylic acids is 1.